The number of thiophene rings is 1. The van der Waals surface area contributed by atoms with Gasteiger partial charge in [-0.2, -0.15) is 10.5 Å². The molecule has 78 valence electrons. The summed E-state index contributed by atoms with van der Waals surface area (Å²) in [5, 5.41) is 22.9. The fourth-order valence-corrected chi connectivity index (χ4v) is 2.97. The molecule has 1 heterocycles. The zero-order valence-electron chi connectivity index (χ0n) is 8.77. The molecule has 17 heavy (non-hydrogen) atoms. The van der Waals surface area contributed by atoms with Crippen LogP contribution in [0.25, 0.3) is 11.6 Å². The van der Waals surface area contributed by atoms with Crippen LogP contribution < -0.4 is 9.75 Å². The highest BCUT2D eigenvalue weighted by Gasteiger charge is 2.06. The van der Waals surface area contributed by atoms with Crippen LogP contribution in [0.5, 0.6) is 0 Å². The van der Waals surface area contributed by atoms with E-state index >= 15 is 0 Å². The second-order valence-electron chi connectivity index (χ2n) is 3.71. The maximum absolute atomic E-state index is 8.99. The lowest BCUT2D eigenvalue weighted by Gasteiger charge is -1.93. The Bertz CT molecular complexity index is 889. The first kappa shape index (κ1) is 9.84. The Labute approximate surface area is 101 Å². The lowest BCUT2D eigenvalue weighted by molar-refractivity contribution is 1.43. The molecule has 0 bridgehead atoms. The van der Waals surface area contributed by atoms with Crippen LogP contribution in [0.3, 0.4) is 0 Å². The molecule has 0 radical (unpaired) electrons. The highest BCUT2D eigenvalue weighted by molar-refractivity contribution is 7.07. The lowest BCUT2D eigenvalue weighted by Crippen LogP contribution is -2.08. The van der Waals surface area contributed by atoms with E-state index in [9.17, 15) is 0 Å². The number of rotatable bonds is 0. The molecule has 2 aromatic rings. The van der Waals surface area contributed by atoms with Gasteiger partial charge >= 0.3 is 0 Å². The smallest absolute Gasteiger partial charge is 0.137 e. The molecule has 0 fully saturated rings. The average Bonchev–Trinajstić information content (AvgIpc) is 2.90. The van der Waals surface area contributed by atoms with Gasteiger partial charge in [-0.15, -0.1) is 11.3 Å². The van der Waals surface area contributed by atoms with Gasteiger partial charge in [0, 0.05) is 15.0 Å². The normalized spacial score (nSPS) is 10.7. The summed E-state index contributed by atoms with van der Waals surface area (Å²) in [6.45, 7) is 0. The Hall–Kier alpha value is -2.36. The van der Waals surface area contributed by atoms with Crippen molar-refractivity contribution in [3.63, 3.8) is 0 Å². The standard InChI is InChI=1S/C14H6N2S/c15-7-10(8-16)11-3-1-2-9-6-13-12(14(9)11)4-5-17-13/h1-6H. The molecule has 1 aromatic carbocycles. The fraction of sp³-hybridized carbons (Fsp3) is 0. The molecule has 0 spiro atoms. The SMILES string of the molecule is N#CC(C#N)=c1cccc2c1=c1ccsc1=C2. The van der Waals surface area contributed by atoms with Gasteiger partial charge in [0.2, 0.25) is 0 Å². The van der Waals surface area contributed by atoms with Crippen molar-refractivity contribution in [2.75, 3.05) is 0 Å². The molecular weight excluding hydrogens is 228 g/mol. The monoisotopic (exact) mass is 234 g/mol. The van der Waals surface area contributed by atoms with Crippen molar-refractivity contribution in [2.24, 2.45) is 0 Å². The molecule has 0 aliphatic heterocycles. The van der Waals surface area contributed by atoms with Gasteiger partial charge in [0.15, 0.2) is 0 Å². The summed E-state index contributed by atoms with van der Waals surface area (Å²) in [5.74, 6) is 0. The lowest BCUT2D eigenvalue weighted by atomic mass is 10.1. The van der Waals surface area contributed by atoms with Crippen molar-refractivity contribution in [3.05, 3.63) is 55.4 Å². The largest absolute Gasteiger partial charge is 0.192 e. The molecule has 1 aromatic heterocycles. The first-order valence-electron chi connectivity index (χ1n) is 5.08. The molecular formula is C14H6N2S. The average molecular weight is 234 g/mol. The third kappa shape index (κ3) is 1.30. The first-order valence-corrected chi connectivity index (χ1v) is 5.96. The Morgan fingerprint density at radius 2 is 1.94 bits per heavy atom. The van der Waals surface area contributed by atoms with Gasteiger partial charge in [-0.25, -0.2) is 0 Å². The van der Waals surface area contributed by atoms with Gasteiger partial charge in [0.05, 0.1) is 0 Å². The van der Waals surface area contributed by atoms with Crippen LogP contribution in [0.1, 0.15) is 5.56 Å². The van der Waals surface area contributed by atoms with Gasteiger partial charge in [-0.1, -0.05) is 18.2 Å². The molecule has 2 nitrogen and oxygen atoms in total. The van der Waals surface area contributed by atoms with Crippen LogP contribution in [0.4, 0.5) is 0 Å². The maximum atomic E-state index is 8.99. The number of hydrogen-bond donors (Lipinski definition) is 0. The highest BCUT2D eigenvalue weighted by atomic mass is 32.1. The van der Waals surface area contributed by atoms with Crippen LogP contribution in [0, 0.1) is 33.1 Å². The second kappa shape index (κ2) is 3.59. The Balaban J connectivity index is 2.74. The third-order valence-corrected chi connectivity index (χ3v) is 3.70. The Morgan fingerprint density at radius 3 is 2.71 bits per heavy atom. The van der Waals surface area contributed by atoms with Crippen LogP contribution in [0.2, 0.25) is 0 Å². The van der Waals surface area contributed by atoms with Gasteiger partial charge < -0.3 is 0 Å². The van der Waals surface area contributed by atoms with Crippen molar-refractivity contribution >= 4 is 23.0 Å². The summed E-state index contributed by atoms with van der Waals surface area (Å²) in [6.07, 6.45) is 2.10. The number of fused-ring (bicyclic) bond motifs is 2. The summed E-state index contributed by atoms with van der Waals surface area (Å²) in [5.41, 5.74) is 1.27. The zero-order chi connectivity index (χ0) is 11.8. The van der Waals surface area contributed by atoms with Crippen molar-refractivity contribution in [2.45, 2.75) is 0 Å². The van der Waals surface area contributed by atoms with E-state index in [0.29, 0.717) is 0 Å². The van der Waals surface area contributed by atoms with Crippen molar-refractivity contribution < 1.29 is 0 Å². The Kier molecular flexibility index (Phi) is 2.08. The minimum atomic E-state index is 0.175. The molecule has 0 saturated heterocycles. The van der Waals surface area contributed by atoms with E-state index in [0.717, 1.165) is 21.2 Å². The minimum Gasteiger partial charge on any atom is -0.192 e. The summed E-state index contributed by atoms with van der Waals surface area (Å²) < 4.78 is 1.20. The van der Waals surface area contributed by atoms with Crippen LogP contribution in [-0.2, 0) is 0 Å². The highest BCUT2D eigenvalue weighted by Crippen LogP contribution is 2.09. The number of hydrogen-bond acceptors (Lipinski definition) is 3. The molecule has 0 unspecified atom stereocenters. The van der Waals surface area contributed by atoms with E-state index < -0.39 is 0 Å². The number of nitrogens with zero attached hydrogens (tertiary/aromatic N) is 2. The Morgan fingerprint density at radius 1 is 1.12 bits per heavy atom. The quantitative estimate of drug-likeness (QED) is 0.590. The van der Waals surface area contributed by atoms with Crippen molar-refractivity contribution in [1.29, 1.82) is 10.5 Å². The topological polar surface area (TPSA) is 47.6 Å². The first-order chi connectivity index (χ1) is 8.35. The molecule has 0 atom stereocenters. The van der Waals surface area contributed by atoms with Crippen LogP contribution >= 0.6 is 11.3 Å². The van der Waals surface area contributed by atoms with Crippen molar-refractivity contribution in [3.8, 4) is 12.1 Å². The van der Waals surface area contributed by atoms with Gasteiger partial charge in [-0.05, 0) is 28.3 Å². The fourth-order valence-electron chi connectivity index (χ4n) is 2.13. The van der Waals surface area contributed by atoms with E-state index in [1.54, 1.807) is 11.3 Å². The summed E-state index contributed by atoms with van der Waals surface area (Å²) in [7, 11) is 0. The summed E-state index contributed by atoms with van der Waals surface area (Å²) in [6, 6.07) is 11.7. The van der Waals surface area contributed by atoms with E-state index in [-0.39, 0.29) is 5.57 Å². The van der Waals surface area contributed by atoms with E-state index in [1.165, 1.54) is 4.53 Å². The van der Waals surface area contributed by atoms with Gasteiger partial charge in [0.1, 0.15) is 17.7 Å². The molecule has 0 N–H and O–H groups in total. The van der Waals surface area contributed by atoms with E-state index in [4.69, 9.17) is 10.5 Å². The molecule has 1 aliphatic rings. The predicted molar refractivity (Wildman–Crippen MR) is 65.9 cm³/mol. The molecule has 3 rings (SSSR count). The number of nitriles is 2. The van der Waals surface area contributed by atoms with Crippen molar-refractivity contribution in [1.82, 2.24) is 0 Å². The van der Waals surface area contributed by atoms with Gasteiger partial charge in [-0.3, -0.25) is 0 Å². The second-order valence-corrected chi connectivity index (χ2v) is 4.66. The van der Waals surface area contributed by atoms with E-state index in [1.807, 2.05) is 41.8 Å². The third-order valence-electron chi connectivity index (χ3n) is 2.84. The minimum absolute atomic E-state index is 0.175. The zero-order valence-corrected chi connectivity index (χ0v) is 9.58. The summed E-state index contributed by atoms with van der Waals surface area (Å²) >= 11 is 1.67. The number of benzene rings is 1. The maximum Gasteiger partial charge on any atom is 0.137 e. The molecule has 0 amide bonds. The molecule has 3 heteroatoms. The molecule has 1 aliphatic carbocycles. The predicted octanol–water partition coefficient (Wildman–Crippen LogP) is 1.38. The molecule has 0 saturated carbocycles. The van der Waals surface area contributed by atoms with Crippen LogP contribution in [0.15, 0.2) is 29.6 Å². The van der Waals surface area contributed by atoms with Crippen LogP contribution in [-0.4, -0.2) is 0 Å². The van der Waals surface area contributed by atoms with E-state index in [2.05, 4.69) is 6.08 Å². The van der Waals surface area contributed by atoms with Gasteiger partial charge in [0.25, 0.3) is 0 Å². The summed E-state index contributed by atoms with van der Waals surface area (Å²) in [4.78, 5) is 0.